The third-order valence-corrected chi connectivity index (χ3v) is 2.45. The average molecular weight is 209 g/mol. The molecule has 0 aromatic carbocycles. The molecule has 0 saturated heterocycles. The molecule has 0 atom stereocenters. The number of pyridine rings is 1. The lowest BCUT2D eigenvalue weighted by atomic mass is 9.96. The molecule has 2 aromatic rings. The van der Waals surface area contributed by atoms with E-state index in [9.17, 15) is 0 Å². The van der Waals surface area contributed by atoms with E-state index in [1.54, 1.807) is 0 Å². The highest BCUT2D eigenvalue weighted by Crippen LogP contribution is 2.26. The Morgan fingerprint density at radius 2 is 2.00 bits per heavy atom. The third-order valence-electron chi connectivity index (χ3n) is 2.17. The highest BCUT2D eigenvalue weighted by atomic mass is 35.5. The Kier molecular flexibility index (Phi) is 2.04. The molecule has 0 radical (unpaired) electrons. The molecule has 0 bridgehead atoms. The summed E-state index contributed by atoms with van der Waals surface area (Å²) in [5.41, 5.74) is 0.983. The van der Waals surface area contributed by atoms with Crippen molar-refractivity contribution in [1.29, 1.82) is 0 Å². The van der Waals surface area contributed by atoms with E-state index in [0.29, 0.717) is 5.15 Å². The van der Waals surface area contributed by atoms with Crippen LogP contribution in [0.4, 0.5) is 0 Å². The molecule has 14 heavy (non-hydrogen) atoms. The van der Waals surface area contributed by atoms with E-state index in [1.807, 2.05) is 28.8 Å². The first-order chi connectivity index (χ1) is 6.50. The maximum Gasteiger partial charge on any atom is 0.155 e. The fourth-order valence-corrected chi connectivity index (χ4v) is 1.76. The second-order valence-electron chi connectivity index (χ2n) is 4.43. The lowest BCUT2D eigenvalue weighted by Gasteiger charge is -2.16. The summed E-state index contributed by atoms with van der Waals surface area (Å²) in [6, 6.07) is 5.93. The minimum atomic E-state index is 0.0113. The predicted molar refractivity (Wildman–Crippen MR) is 58.9 cm³/mol. The number of halogens is 1. The molecule has 0 spiro atoms. The molecule has 3 heteroatoms. The lowest BCUT2D eigenvalue weighted by Crippen LogP contribution is -2.15. The van der Waals surface area contributed by atoms with Crippen LogP contribution in [0.3, 0.4) is 0 Å². The van der Waals surface area contributed by atoms with Crippen molar-refractivity contribution in [2.24, 2.45) is 0 Å². The summed E-state index contributed by atoms with van der Waals surface area (Å²) in [5, 5.41) is 0.579. The molecular formula is C11H13ClN2. The summed E-state index contributed by atoms with van der Waals surface area (Å²) in [6.45, 7) is 6.39. The summed E-state index contributed by atoms with van der Waals surface area (Å²) < 4.78 is 2.04. The van der Waals surface area contributed by atoms with Gasteiger partial charge in [-0.25, -0.2) is 4.98 Å². The van der Waals surface area contributed by atoms with Gasteiger partial charge in [-0.1, -0.05) is 38.4 Å². The Morgan fingerprint density at radius 1 is 1.29 bits per heavy atom. The SMILES string of the molecule is CC(C)(C)c1nc(Cl)c2ccccn12. The molecule has 0 saturated carbocycles. The molecule has 0 unspecified atom stereocenters. The summed E-state index contributed by atoms with van der Waals surface area (Å²) in [6.07, 6.45) is 1.99. The van der Waals surface area contributed by atoms with E-state index in [1.165, 1.54) is 0 Å². The van der Waals surface area contributed by atoms with Crippen molar-refractivity contribution in [1.82, 2.24) is 9.38 Å². The molecule has 2 aromatic heterocycles. The number of nitrogens with zero attached hydrogens (tertiary/aromatic N) is 2. The summed E-state index contributed by atoms with van der Waals surface area (Å²) in [4.78, 5) is 4.39. The molecule has 0 aliphatic carbocycles. The van der Waals surface area contributed by atoms with Crippen LogP contribution < -0.4 is 0 Å². The molecular weight excluding hydrogens is 196 g/mol. The Balaban J connectivity index is 2.80. The maximum atomic E-state index is 6.05. The van der Waals surface area contributed by atoms with Crippen molar-refractivity contribution >= 4 is 17.1 Å². The first-order valence-corrected chi connectivity index (χ1v) is 5.01. The van der Waals surface area contributed by atoms with Crippen molar-refractivity contribution in [2.75, 3.05) is 0 Å². The quantitative estimate of drug-likeness (QED) is 0.650. The van der Waals surface area contributed by atoms with Gasteiger partial charge in [0.1, 0.15) is 5.82 Å². The van der Waals surface area contributed by atoms with Gasteiger partial charge in [-0.05, 0) is 12.1 Å². The van der Waals surface area contributed by atoms with Crippen LogP contribution in [0.15, 0.2) is 24.4 Å². The number of aromatic nitrogens is 2. The average Bonchev–Trinajstić information content (AvgIpc) is 2.44. The Labute approximate surface area is 88.5 Å². The van der Waals surface area contributed by atoms with Crippen LogP contribution in [0.2, 0.25) is 5.15 Å². The van der Waals surface area contributed by atoms with Crippen molar-refractivity contribution in [3.8, 4) is 0 Å². The van der Waals surface area contributed by atoms with Crippen LogP contribution in [-0.2, 0) is 5.41 Å². The summed E-state index contributed by atoms with van der Waals surface area (Å²) >= 11 is 6.05. The lowest BCUT2D eigenvalue weighted by molar-refractivity contribution is 0.543. The highest BCUT2D eigenvalue weighted by molar-refractivity contribution is 6.32. The highest BCUT2D eigenvalue weighted by Gasteiger charge is 2.21. The van der Waals surface area contributed by atoms with E-state index in [-0.39, 0.29) is 5.41 Å². The van der Waals surface area contributed by atoms with E-state index < -0.39 is 0 Å². The Bertz CT molecular complexity index is 466. The molecule has 0 N–H and O–H groups in total. The van der Waals surface area contributed by atoms with Crippen LogP contribution in [0, 0.1) is 0 Å². The first kappa shape index (κ1) is 9.53. The zero-order chi connectivity index (χ0) is 10.3. The first-order valence-electron chi connectivity index (χ1n) is 4.63. The fraction of sp³-hybridized carbons (Fsp3) is 0.364. The van der Waals surface area contributed by atoms with Crippen LogP contribution in [0.1, 0.15) is 26.6 Å². The number of hydrogen-bond acceptors (Lipinski definition) is 1. The van der Waals surface area contributed by atoms with Crippen molar-refractivity contribution < 1.29 is 0 Å². The predicted octanol–water partition coefficient (Wildman–Crippen LogP) is 3.29. The summed E-state index contributed by atoms with van der Waals surface area (Å²) in [7, 11) is 0. The van der Waals surface area contributed by atoms with Crippen molar-refractivity contribution in [3.05, 3.63) is 35.4 Å². The van der Waals surface area contributed by atoms with Gasteiger partial charge >= 0.3 is 0 Å². The molecule has 0 amide bonds. The monoisotopic (exact) mass is 208 g/mol. The molecule has 74 valence electrons. The van der Waals surface area contributed by atoms with Gasteiger partial charge in [-0.15, -0.1) is 0 Å². The van der Waals surface area contributed by atoms with Gasteiger partial charge in [0, 0.05) is 11.6 Å². The fourth-order valence-electron chi connectivity index (χ4n) is 1.53. The van der Waals surface area contributed by atoms with Gasteiger partial charge < -0.3 is 4.40 Å². The molecule has 2 nitrogen and oxygen atoms in total. The van der Waals surface area contributed by atoms with Gasteiger partial charge in [0.05, 0.1) is 5.52 Å². The van der Waals surface area contributed by atoms with Gasteiger partial charge in [-0.2, -0.15) is 0 Å². The zero-order valence-electron chi connectivity index (χ0n) is 8.58. The molecule has 0 fully saturated rings. The normalized spacial score (nSPS) is 12.3. The van der Waals surface area contributed by atoms with E-state index in [0.717, 1.165) is 11.3 Å². The van der Waals surface area contributed by atoms with Gasteiger partial charge in [0.25, 0.3) is 0 Å². The zero-order valence-corrected chi connectivity index (χ0v) is 9.34. The maximum absolute atomic E-state index is 6.05. The van der Waals surface area contributed by atoms with Gasteiger partial charge in [0.15, 0.2) is 5.15 Å². The Morgan fingerprint density at radius 3 is 2.64 bits per heavy atom. The largest absolute Gasteiger partial charge is 0.302 e. The second-order valence-corrected chi connectivity index (χ2v) is 4.79. The molecule has 0 aliphatic heterocycles. The van der Waals surface area contributed by atoms with Crippen LogP contribution in [0.5, 0.6) is 0 Å². The number of rotatable bonds is 0. The van der Waals surface area contributed by atoms with E-state index in [4.69, 9.17) is 11.6 Å². The van der Waals surface area contributed by atoms with E-state index >= 15 is 0 Å². The van der Waals surface area contributed by atoms with Crippen molar-refractivity contribution in [3.63, 3.8) is 0 Å². The topological polar surface area (TPSA) is 17.3 Å². The smallest absolute Gasteiger partial charge is 0.155 e. The molecule has 2 heterocycles. The number of hydrogen-bond donors (Lipinski definition) is 0. The van der Waals surface area contributed by atoms with Crippen LogP contribution in [0.25, 0.3) is 5.52 Å². The number of imidazole rings is 1. The van der Waals surface area contributed by atoms with Gasteiger partial charge in [0.2, 0.25) is 0 Å². The third kappa shape index (κ3) is 1.40. The Hall–Kier alpha value is -1.02. The van der Waals surface area contributed by atoms with Crippen LogP contribution >= 0.6 is 11.6 Å². The molecule has 0 aliphatic rings. The van der Waals surface area contributed by atoms with E-state index in [2.05, 4.69) is 25.8 Å². The standard InChI is InChI=1S/C11H13ClN2/c1-11(2,3)10-13-9(12)8-6-4-5-7-14(8)10/h4-7H,1-3H3. The van der Waals surface area contributed by atoms with Crippen LogP contribution in [-0.4, -0.2) is 9.38 Å². The van der Waals surface area contributed by atoms with Gasteiger partial charge in [-0.3, -0.25) is 0 Å². The summed E-state index contributed by atoms with van der Waals surface area (Å²) in [5.74, 6) is 0.998. The minimum absolute atomic E-state index is 0.0113. The second kappa shape index (κ2) is 2.99. The minimum Gasteiger partial charge on any atom is -0.302 e. The van der Waals surface area contributed by atoms with Crippen molar-refractivity contribution in [2.45, 2.75) is 26.2 Å². The number of fused-ring (bicyclic) bond motifs is 1. The molecule has 2 rings (SSSR count).